The molecule has 3 aromatic rings. The van der Waals surface area contributed by atoms with E-state index in [1.807, 2.05) is 13.8 Å². The van der Waals surface area contributed by atoms with Crippen LogP contribution >= 0.6 is 11.6 Å². The predicted octanol–water partition coefficient (Wildman–Crippen LogP) is 4.89. The summed E-state index contributed by atoms with van der Waals surface area (Å²) >= 11 is 6.05. The van der Waals surface area contributed by atoms with Crippen molar-refractivity contribution in [1.82, 2.24) is 10.2 Å². The fourth-order valence-electron chi connectivity index (χ4n) is 4.27. The van der Waals surface area contributed by atoms with E-state index in [-0.39, 0.29) is 28.8 Å². The number of carbonyl (C=O) groups is 2. The number of benzene rings is 3. The molecule has 0 aromatic heterocycles. The zero-order chi connectivity index (χ0) is 31.6. The van der Waals surface area contributed by atoms with E-state index in [1.165, 1.54) is 37.3 Å². The van der Waals surface area contributed by atoms with Crippen molar-refractivity contribution in [3.8, 4) is 17.2 Å². The van der Waals surface area contributed by atoms with Gasteiger partial charge in [-0.05, 0) is 74.4 Å². The van der Waals surface area contributed by atoms with E-state index in [1.54, 1.807) is 55.5 Å². The third kappa shape index (κ3) is 8.55. The lowest BCUT2D eigenvalue weighted by atomic mass is 10.1. The number of hydrogen-bond donors (Lipinski definition) is 1. The number of sulfonamides is 1. The van der Waals surface area contributed by atoms with Crippen molar-refractivity contribution in [2.75, 3.05) is 38.2 Å². The minimum Gasteiger partial charge on any atom is -0.494 e. The van der Waals surface area contributed by atoms with Crippen LogP contribution in [0, 0.1) is 0 Å². The predicted molar refractivity (Wildman–Crippen MR) is 166 cm³/mol. The summed E-state index contributed by atoms with van der Waals surface area (Å²) in [6.45, 7) is 5.74. The van der Waals surface area contributed by atoms with Gasteiger partial charge in [-0.25, -0.2) is 8.42 Å². The largest absolute Gasteiger partial charge is 0.494 e. The molecule has 0 aliphatic rings. The summed E-state index contributed by atoms with van der Waals surface area (Å²) in [4.78, 5) is 28.3. The van der Waals surface area contributed by atoms with Gasteiger partial charge in [-0.2, -0.15) is 0 Å². The SMILES string of the molecule is CCCNC(=O)[C@H](C)N(Cc1ccc(Cl)cc1)C(=O)CN(c1ccc(OCC)cc1)S(=O)(=O)c1ccc(OC)c(OC)c1. The molecule has 0 saturated heterocycles. The number of nitrogens with one attached hydrogen (secondary N) is 1. The van der Waals surface area contributed by atoms with Crippen molar-refractivity contribution < 1.29 is 32.2 Å². The Kier molecular flexibility index (Phi) is 12.1. The number of amides is 2. The monoisotopic (exact) mass is 631 g/mol. The molecule has 0 aliphatic carbocycles. The Morgan fingerprint density at radius 3 is 2.16 bits per heavy atom. The number of anilines is 1. The van der Waals surface area contributed by atoms with Crippen molar-refractivity contribution in [3.63, 3.8) is 0 Å². The van der Waals surface area contributed by atoms with E-state index in [9.17, 15) is 18.0 Å². The summed E-state index contributed by atoms with van der Waals surface area (Å²) in [7, 11) is -1.46. The maximum Gasteiger partial charge on any atom is 0.264 e. The van der Waals surface area contributed by atoms with E-state index >= 15 is 0 Å². The van der Waals surface area contributed by atoms with Crippen LogP contribution in [0.4, 0.5) is 5.69 Å². The Labute approximate surface area is 258 Å². The number of halogens is 1. The summed E-state index contributed by atoms with van der Waals surface area (Å²) in [5, 5.41) is 3.35. The van der Waals surface area contributed by atoms with Gasteiger partial charge in [0.25, 0.3) is 10.0 Å². The first-order valence-corrected chi connectivity index (χ1v) is 15.7. The highest BCUT2D eigenvalue weighted by Gasteiger charge is 2.33. The Morgan fingerprint density at radius 1 is 0.930 bits per heavy atom. The summed E-state index contributed by atoms with van der Waals surface area (Å²) < 4.78 is 45.4. The van der Waals surface area contributed by atoms with Crippen molar-refractivity contribution >= 4 is 39.1 Å². The molecule has 12 heteroatoms. The lowest BCUT2D eigenvalue weighted by Crippen LogP contribution is -2.51. The first-order chi connectivity index (χ1) is 20.5. The Morgan fingerprint density at radius 2 is 1.58 bits per heavy atom. The molecule has 0 unspecified atom stereocenters. The average molecular weight is 632 g/mol. The van der Waals surface area contributed by atoms with E-state index in [2.05, 4.69) is 5.32 Å². The summed E-state index contributed by atoms with van der Waals surface area (Å²) in [5.74, 6) is 0.191. The normalized spacial score (nSPS) is 11.8. The highest BCUT2D eigenvalue weighted by Crippen LogP contribution is 2.33. The first kappa shape index (κ1) is 33.5. The molecule has 0 aliphatic heterocycles. The van der Waals surface area contributed by atoms with E-state index in [0.29, 0.717) is 29.7 Å². The molecule has 0 spiro atoms. The minimum atomic E-state index is -4.31. The van der Waals surface area contributed by atoms with Gasteiger partial charge >= 0.3 is 0 Å². The summed E-state index contributed by atoms with van der Waals surface area (Å²) in [6.07, 6.45) is 0.721. The van der Waals surface area contributed by atoms with Crippen LogP contribution in [0.5, 0.6) is 17.2 Å². The zero-order valence-corrected chi connectivity index (χ0v) is 26.6. The van der Waals surface area contributed by atoms with Crippen LogP contribution in [0.1, 0.15) is 32.8 Å². The average Bonchev–Trinajstić information content (AvgIpc) is 3.01. The lowest BCUT2D eigenvalue weighted by Gasteiger charge is -2.32. The second kappa shape index (κ2) is 15.5. The van der Waals surface area contributed by atoms with Gasteiger partial charge in [0.1, 0.15) is 18.3 Å². The van der Waals surface area contributed by atoms with Crippen LogP contribution in [0.15, 0.2) is 71.6 Å². The molecule has 0 radical (unpaired) electrons. The van der Waals surface area contributed by atoms with E-state index < -0.39 is 28.5 Å². The smallest absolute Gasteiger partial charge is 0.264 e. The highest BCUT2D eigenvalue weighted by atomic mass is 35.5. The molecule has 3 aromatic carbocycles. The maximum atomic E-state index is 14.1. The topological polar surface area (TPSA) is 114 Å². The molecular formula is C31H38ClN3O7S. The van der Waals surface area contributed by atoms with Gasteiger partial charge < -0.3 is 24.4 Å². The van der Waals surface area contributed by atoms with Gasteiger partial charge in [-0.15, -0.1) is 0 Å². The van der Waals surface area contributed by atoms with Gasteiger partial charge in [0, 0.05) is 24.2 Å². The number of carbonyl (C=O) groups excluding carboxylic acids is 2. The Balaban J connectivity index is 2.07. The molecule has 1 atom stereocenters. The quantitative estimate of drug-likeness (QED) is 0.254. The third-order valence-corrected chi connectivity index (χ3v) is 8.66. The molecule has 2 amide bonds. The van der Waals surface area contributed by atoms with Crippen LogP contribution in [0.3, 0.4) is 0 Å². The van der Waals surface area contributed by atoms with Gasteiger partial charge in [0.2, 0.25) is 11.8 Å². The van der Waals surface area contributed by atoms with Gasteiger partial charge in [-0.3, -0.25) is 13.9 Å². The molecule has 0 heterocycles. The molecule has 0 saturated carbocycles. The van der Waals surface area contributed by atoms with Crippen molar-refractivity contribution in [2.24, 2.45) is 0 Å². The van der Waals surface area contributed by atoms with Crippen molar-refractivity contribution in [3.05, 3.63) is 77.3 Å². The number of nitrogens with zero attached hydrogens (tertiary/aromatic N) is 2. The fraction of sp³-hybridized carbons (Fsp3) is 0.355. The van der Waals surface area contributed by atoms with Crippen molar-refractivity contribution in [1.29, 1.82) is 0 Å². The van der Waals surface area contributed by atoms with Crippen LogP contribution < -0.4 is 23.8 Å². The molecule has 0 fully saturated rings. The zero-order valence-electron chi connectivity index (χ0n) is 25.0. The molecule has 3 rings (SSSR count). The number of ether oxygens (including phenoxy) is 3. The standard InChI is InChI=1S/C31H38ClN3O7S/c1-6-18-33-31(37)22(3)34(20-23-8-10-24(32)11-9-23)30(36)21-35(25-12-14-26(15-13-25)42-7-2)43(38,39)27-16-17-28(40-4)29(19-27)41-5/h8-17,19,22H,6-7,18,20-21H2,1-5H3,(H,33,37)/t22-/m0/s1. The van der Waals surface area contributed by atoms with Gasteiger partial charge in [0.05, 0.1) is 31.4 Å². The molecular weight excluding hydrogens is 594 g/mol. The molecule has 1 N–H and O–H groups in total. The van der Waals surface area contributed by atoms with Crippen LogP contribution in [-0.2, 0) is 26.2 Å². The summed E-state index contributed by atoms with van der Waals surface area (Å²) in [6, 6.07) is 16.6. The number of hydrogen-bond acceptors (Lipinski definition) is 7. The Bertz CT molecular complexity index is 1480. The first-order valence-electron chi connectivity index (χ1n) is 13.8. The van der Waals surface area contributed by atoms with Gasteiger partial charge in [-0.1, -0.05) is 30.7 Å². The van der Waals surface area contributed by atoms with Crippen molar-refractivity contribution in [2.45, 2.75) is 44.7 Å². The van der Waals surface area contributed by atoms with Crippen LogP contribution in [-0.4, -0.2) is 65.1 Å². The van der Waals surface area contributed by atoms with E-state index in [4.69, 9.17) is 25.8 Å². The molecule has 232 valence electrons. The maximum absolute atomic E-state index is 14.1. The fourth-order valence-corrected chi connectivity index (χ4v) is 5.83. The Hall–Kier alpha value is -3.96. The number of methoxy groups -OCH3 is 2. The minimum absolute atomic E-state index is 0.0598. The van der Waals surface area contributed by atoms with Crippen LogP contribution in [0.25, 0.3) is 0 Å². The third-order valence-electron chi connectivity index (χ3n) is 6.64. The second-order valence-electron chi connectivity index (χ2n) is 9.57. The number of rotatable bonds is 15. The highest BCUT2D eigenvalue weighted by molar-refractivity contribution is 7.92. The molecule has 43 heavy (non-hydrogen) atoms. The lowest BCUT2D eigenvalue weighted by molar-refractivity contribution is -0.139. The van der Waals surface area contributed by atoms with Gasteiger partial charge in [0.15, 0.2) is 11.5 Å². The van der Waals surface area contributed by atoms with E-state index in [0.717, 1.165) is 16.3 Å². The second-order valence-corrected chi connectivity index (χ2v) is 11.9. The molecule has 0 bridgehead atoms. The summed E-state index contributed by atoms with van der Waals surface area (Å²) in [5.41, 5.74) is 0.962. The van der Waals surface area contributed by atoms with Crippen LogP contribution in [0.2, 0.25) is 5.02 Å². The molecule has 10 nitrogen and oxygen atoms in total.